The molecular formula is C27H30N4O2. The van der Waals surface area contributed by atoms with Gasteiger partial charge in [0.2, 0.25) is 0 Å². The van der Waals surface area contributed by atoms with Gasteiger partial charge >= 0.3 is 0 Å². The number of benzene rings is 1. The fraction of sp³-hybridized carbons (Fsp3) is 0.370. The van der Waals surface area contributed by atoms with Crippen molar-refractivity contribution in [3.63, 3.8) is 0 Å². The maximum Gasteiger partial charge on any atom is 0.274 e. The number of carbonyl (C=O) groups is 1. The number of ether oxygens (including phenoxy) is 1. The van der Waals surface area contributed by atoms with E-state index in [0.29, 0.717) is 24.8 Å². The average molecular weight is 443 g/mol. The lowest BCUT2D eigenvalue weighted by molar-refractivity contribution is 0.0584. The third-order valence-corrected chi connectivity index (χ3v) is 6.64. The van der Waals surface area contributed by atoms with Crippen LogP contribution in [0.25, 0.3) is 22.4 Å². The van der Waals surface area contributed by atoms with Crippen LogP contribution in [0.3, 0.4) is 0 Å². The first-order valence-corrected chi connectivity index (χ1v) is 11.8. The molecule has 0 radical (unpaired) electrons. The standard InChI is InChI=1S/C27H30N4O2/c1-19-9-6-7-13-25(19)33-18-20-10-8-14-31(17-20)27(32)23-16-28-22-15-24(30(2)26(22)29-23)21-11-4-3-5-12-21/h3-5,9,11-13,15-16,20H,6-8,10,14,17-18H2,1-2H3. The molecule has 1 aliphatic carbocycles. The van der Waals surface area contributed by atoms with Crippen LogP contribution in [0, 0.1) is 5.92 Å². The second kappa shape index (κ2) is 9.22. The molecule has 0 bridgehead atoms. The van der Waals surface area contributed by atoms with Crippen molar-refractivity contribution in [3.05, 3.63) is 71.8 Å². The number of piperidine rings is 1. The third kappa shape index (κ3) is 4.42. The van der Waals surface area contributed by atoms with Gasteiger partial charge in [-0.2, -0.15) is 0 Å². The fourth-order valence-corrected chi connectivity index (χ4v) is 4.77. The lowest BCUT2D eigenvalue weighted by atomic mass is 9.98. The average Bonchev–Trinajstić information content (AvgIpc) is 3.19. The lowest BCUT2D eigenvalue weighted by Crippen LogP contribution is -2.41. The zero-order valence-corrected chi connectivity index (χ0v) is 19.3. The van der Waals surface area contributed by atoms with Crippen LogP contribution in [-0.4, -0.2) is 45.0 Å². The molecule has 0 spiro atoms. The minimum atomic E-state index is -0.0514. The number of likely N-dealkylation sites (tertiary alicyclic amines) is 1. The molecule has 6 nitrogen and oxygen atoms in total. The molecule has 1 fully saturated rings. The Morgan fingerprint density at radius 1 is 1.18 bits per heavy atom. The van der Waals surface area contributed by atoms with Crippen LogP contribution in [0.5, 0.6) is 0 Å². The molecule has 1 unspecified atom stereocenters. The highest BCUT2D eigenvalue weighted by Gasteiger charge is 2.27. The molecule has 2 aromatic heterocycles. The second-order valence-corrected chi connectivity index (χ2v) is 9.02. The lowest BCUT2D eigenvalue weighted by Gasteiger charge is -2.32. The number of hydrogen-bond acceptors (Lipinski definition) is 4. The minimum Gasteiger partial charge on any atom is -0.493 e. The highest BCUT2D eigenvalue weighted by molar-refractivity contribution is 5.94. The van der Waals surface area contributed by atoms with Gasteiger partial charge in [0.15, 0.2) is 5.65 Å². The van der Waals surface area contributed by atoms with Gasteiger partial charge in [-0.1, -0.05) is 36.4 Å². The number of fused-ring (bicyclic) bond motifs is 1. The van der Waals surface area contributed by atoms with Gasteiger partial charge < -0.3 is 14.2 Å². The summed E-state index contributed by atoms with van der Waals surface area (Å²) >= 11 is 0. The van der Waals surface area contributed by atoms with E-state index in [1.807, 2.05) is 40.8 Å². The number of rotatable bonds is 5. The van der Waals surface area contributed by atoms with E-state index in [2.05, 4.69) is 36.2 Å². The van der Waals surface area contributed by atoms with Gasteiger partial charge in [0.1, 0.15) is 17.0 Å². The molecule has 3 aromatic rings. The summed E-state index contributed by atoms with van der Waals surface area (Å²) in [6.45, 7) is 4.18. The zero-order chi connectivity index (χ0) is 22.8. The van der Waals surface area contributed by atoms with Gasteiger partial charge in [0.25, 0.3) is 5.91 Å². The van der Waals surface area contributed by atoms with Crippen LogP contribution in [0.2, 0.25) is 0 Å². The molecule has 33 heavy (non-hydrogen) atoms. The van der Waals surface area contributed by atoms with Gasteiger partial charge in [-0.3, -0.25) is 9.78 Å². The van der Waals surface area contributed by atoms with Gasteiger partial charge in [0.05, 0.1) is 18.5 Å². The Bertz CT molecular complexity index is 1230. The summed E-state index contributed by atoms with van der Waals surface area (Å²) in [4.78, 5) is 24.5. The molecule has 3 heterocycles. The van der Waals surface area contributed by atoms with Crippen molar-refractivity contribution in [2.75, 3.05) is 19.7 Å². The predicted octanol–water partition coefficient (Wildman–Crippen LogP) is 5.13. The molecular weight excluding hydrogens is 412 g/mol. The summed E-state index contributed by atoms with van der Waals surface area (Å²) in [6.07, 6.45) is 10.2. The summed E-state index contributed by atoms with van der Waals surface area (Å²) in [6, 6.07) is 12.2. The summed E-state index contributed by atoms with van der Waals surface area (Å²) in [5.41, 5.74) is 5.27. The van der Waals surface area contributed by atoms with E-state index in [9.17, 15) is 4.79 Å². The molecule has 1 aromatic carbocycles. The van der Waals surface area contributed by atoms with Crippen molar-refractivity contribution in [2.24, 2.45) is 13.0 Å². The van der Waals surface area contributed by atoms with Gasteiger partial charge in [-0.15, -0.1) is 0 Å². The molecule has 2 aliphatic rings. The maximum absolute atomic E-state index is 13.3. The van der Waals surface area contributed by atoms with Crippen molar-refractivity contribution in [1.29, 1.82) is 0 Å². The van der Waals surface area contributed by atoms with E-state index >= 15 is 0 Å². The topological polar surface area (TPSA) is 60.2 Å². The van der Waals surface area contributed by atoms with E-state index in [-0.39, 0.29) is 5.91 Å². The molecule has 0 saturated carbocycles. The number of aryl methyl sites for hydroxylation is 1. The Morgan fingerprint density at radius 2 is 2.00 bits per heavy atom. The zero-order valence-electron chi connectivity index (χ0n) is 19.3. The van der Waals surface area contributed by atoms with E-state index in [0.717, 1.165) is 60.4 Å². The molecule has 6 heteroatoms. The van der Waals surface area contributed by atoms with Crippen LogP contribution < -0.4 is 0 Å². The van der Waals surface area contributed by atoms with Crippen molar-refractivity contribution >= 4 is 17.1 Å². The van der Waals surface area contributed by atoms with Crippen LogP contribution in [-0.2, 0) is 11.8 Å². The Hall–Kier alpha value is -3.41. The first kappa shape index (κ1) is 21.4. The van der Waals surface area contributed by atoms with E-state index in [1.54, 1.807) is 6.20 Å². The van der Waals surface area contributed by atoms with E-state index in [4.69, 9.17) is 9.72 Å². The minimum absolute atomic E-state index is 0.0514. The Balaban J connectivity index is 1.30. The SMILES string of the molecule is CC1=CCCC=C1OCC1CCCN(C(=O)c2cnc3cc(-c4ccccc4)n(C)c3n2)C1. The van der Waals surface area contributed by atoms with Crippen molar-refractivity contribution in [2.45, 2.75) is 32.6 Å². The highest BCUT2D eigenvalue weighted by Crippen LogP contribution is 2.26. The molecule has 1 atom stereocenters. The first-order valence-electron chi connectivity index (χ1n) is 11.8. The second-order valence-electron chi connectivity index (χ2n) is 9.02. The smallest absolute Gasteiger partial charge is 0.274 e. The van der Waals surface area contributed by atoms with Crippen molar-refractivity contribution < 1.29 is 9.53 Å². The van der Waals surface area contributed by atoms with Gasteiger partial charge in [-0.05, 0) is 55.9 Å². The molecule has 1 aliphatic heterocycles. The monoisotopic (exact) mass is 442 g/mol. The summed E-state index contributed by atoms with van der Waals surface area (Å²) in [5, 5.41) is 0. The number of nitrogens with zero attached hydrogens (tertiary/aromatic N) is 4. The number of aromatic nitrogens is 3. The summed E-state index contributed by atoms with van der Waals surface area (Å²) in [5.74, 6) is 1.28. The Kier molecular flexibility index (Phi) is 5.99. The molecule has 170 valence electrons. The normalized spacial score (nSPS) is 18.7. The molecule has 5 rings (SSSR count). The summed E-state index contributed by atoms with van der Waals surface area (Å²) in [7, 11) is 1.97. The highest BCUT2D eigenvalue weighted by atomic mass is 16.5. The molecule has 1 saturated heterocycles. The molecule has 1 amide bonds. The first-order chi connectivity index (χ1) is 16.1. The summed E-state index contributed by atoms with van der Waals surface area (Å²) < 4.78 is 8.12. The number of amides is 1. The molecule has 0 N–H and O–H groups in total. The van der Waals surface area contributed by atoms with Crippen LogP contribution in [0.4, 0.5) is 0 Å². The Morgan fingerprint density at radius 3 is 2.82 bits per heavy atom. The Labute approximate surface area is 194 Å². The number of allylic oxidation sites excluding steroid dienone is 3. The van der Waals surface area contributed by atoms with Crippen LogP contribution in [0.1, 0.15) is 43.1 Å². The van der Waals surface area contributed by atoms with Gasteiger partial charge in [0, 0.05) is 26.1 Å². The maximum atomic E-state index is 13.3. The van der Waals surface area contributed by atoms with Crippen LogP contribution in [0.15, 0.2) is 66.1 Å². The largest absolute Gasteiger partial charge is 0.493 e. The van der Waals surface area contributed by atoms with Crippen molar-refractivity contribution in [1.82, 2.24) is 19.4 Å². The van der Waals surface area contributed by atoms with E-state index < -0.39 is 0 Å². The predicted molar refractivity (Wildman–Crippen MR) is 130 cm³/mol. The number of hydrogen-bond donors (Lipinski definition) is 0. The van der Waals surface area contributed by atoms with Crippen molar-refractivity contribution in [3.8, 4) is 11.3 Å². The fourth-order valence-electron chi connectivity index (χ4n) is 4.77. The van der Waals surface area contributed by atoms with Crippen LogP contribution >= 0.6 is 0 Å². The number of carbonyl (C=O) groups excluding carboxylic acids is 1. The van der Waals surface area contributed by atoms with E-state index in [1.165, 1.54) is 5.57 Å². The third-order valence-electron chi connectivity index (χ3n) is 6.64. The quantitative estimate of drug-likeness (QED) is 0.550. The van der Waals surface area contributed by atoms with Gasteiger partial charge in [-0.25, -0.2) is 4.98 Å².